The second-order valence-corrected chi connectivity index (χ2v) is 7.17. The average molecular weight is 270 g/mol. The zero-order valence-corrected chi connectivity index (χ0v) is 13.2. The summed E-state index contributed by atoms with van der Waals surface area (Å²) in [5.74, 6) is 2.74. The third-order valence-corrected chi connectivity index (χ3v) is 6.20. The van der Waals surface area contributed by atoms with Gasteiger partial charge in [0.2, 0.25) is 0 Å². The molecule has 0 aromatic heterocycles. The molecule has 0 radical (unpaired) electrons. The molecule has 1 N–H and O–H groups in total. The predicted molar refractivity (Wildman–Crippen MR) is 82.4 cm³/mol. The highest BCUT2D eigenvalue weighted by molar-refractivity contribution is 7.99. The van der Waals surface area contributed by atoms with Gasteiger partial charge >= 0.3 is 0 Å². The Morgan fingerprint density at radius 3 is 2.39 bits per heavy atom. The Morgan fingerprint density at radius 1 is 1.17 bits per heavy atom. The first-order valence-electron chi connectivity index (χ1n) is 7.83. The molecule has 3 heteroatoms. The van der Waals surface area contributed by atoms with E-state index in [1.54, 1.807) is 0 Å². The highest BCUT2D eigenvalue weighted by Crippen LogP contribution is 2.30. The lowest BCUT2D eigenvalue weighted by molar-refractivity contribution is 0.0317. The van der Waals surface area contributed by atoms with Crippen molar-refractivity contribution in [2.75, 3.05) is 24.6 Å². The monoisotopic (exact) mass is 270 g/mol. The van der Waals surface area contributed by atoms with Gasteiger partial charge in [0.15, 0.2) is 0 Å². The van der Waals surface area contributed by atoms with E-state index >= 15 is 0 Å². The zero-order chi connectivity index (χ0) is 13.0. The van der Waals surface area contributed by atoms with Crippen molar-refractivity contribution in [3.8, 4) is 0 Å². The maximum absolute atomic E-state index is 3.86. The molecule has 2 rings (SSSR count). The maximum Gasteiger partial charge on any atom is 0.0304 e. The van der Waals surface area contributed by atoms with Gasteiger partial charge in [-0.15, -0.1) is 0 Å². The highest BCUT2D eigenvalue weighted by Gasteiger charge is 2.39. The Hall–Kier alpha value is 0.270. The van der Waals surface area contributed by atoms with Crippen LogP contribution in [0.5, 0.6) is 0 Å². The molecule has 0 saturated carbocycles. The average Bonchev–Trinajstić information content (AvgIpc) is 2.47. The van der Waals surface area contributed by atoms with Gasteiger partial charge < -0.3 is 5.32 Å². The normalized spacial score (nSPS) is 30.5. The minimum atomic E-state index is 0.385. The number of rotatable bonds is 4. The van der Waals surface area contributed by atoms with E-state index in [2.05, 4.69) is 42.7 Å². The first-order valence-corrected chi connectivity index (χ1v) is 8.98. The molecule has 2 aliphatic rings. The van der Waals surface area contributed by atoms with Crippen LogP contribution in [0.25, 0.3) is 0 Å². The zero-order valence-electron chi connectivity index (χ0n) is 12.4. The van der Waals surface area contributed by atoms with Crippen LogP contribution in [0.4, 0.5) is 0 Å². The van der Waals surface area contributed by atoms with Crippen LogP contribution in [-0.4, -0.2) is 47.1 Å². The smallest absolute Gasteiger partial charge is 0.0304 e. The van der Waals surface area contributed by atoms with Crippen LogP contribution >= 0.6 is 11.8 Å². The minimum absolute atomic E-state index is 0.385. The van der Waals surface area contributed by atoms with Gasteiger partial charge in [-0.2, -0.15) is 11.8 Å². The van der Waals surface area contributed by atoms with Crippen molar-refractivity contribution < 1.29 is 0 Å². The Balaban J connectivity index is 2.06. The van der Waals surface area contributed by atoms with E-state index in [1.165, 1.54) is 56.7 Å². The summed E-state index contributed by atoms with van der Waals surface area (Å²) in [5, 5.41) is 3.86. The third kappa shape index (κ3) is 3.05. The number of nitrogens with zero attached hydrogens (tertiary/aromatic N) is 1. The second-order valence-electron chi connectivity index (χ2n) is 5.95. The van der Waals surface area contributed by atoms with Crippen molar-refractivity contribution in [2.45, 2.75) is 70.5 Å². The van der Waals surface area contributed by atoms with E-state index < -0.39 is 0 Å². The highest BCUT2D eigenvalue weighted by atomic mass is 32.2. The molecule has 0 spiro atoms. The standard InChI is InChI=1S/C15H30N2S/c1-4-13-11-16-15(5-2,6-3)12-17(13)14-7-9-18-10-8-14/h13-14,16H,4-12H2,1-3H3. The number of piperazine rings is 1. The third-order valence-electron chi connectivity index (χ3n) is 5.15. The second kappa shape index (κ2) is 6.62. The van der Waals surface area contributed by atoms with Gasteiger partial charge in [-0.25, -0.2) is 0 Å². The molecular formula is C15H30N2S. The van der Waals surface area contributed by atoms with Crippen LogP contribution in [0.1, 0.15) is 52.9 Å². The summed E-state index contributed by atoms with van der Waals surface area (Å²) >= 11 is 2.14. The van der Waals surface area contributed by atoms with Gasteiger partial charge in [0.25, 0.3) is 0 Å². The fourth-order valence-electron chi connectivity index (χ4n) is 3.53. The molecule has 2 nitrogen and oxygen atoms in total. The molecule has 0 bridgehead atoms. The van der Waals surface area contributed by atoms with Crippen molar-refractivity contribution in [3.05, 3.63) is 0 Å². The van der Waals surface area contributed by atoms with Crippen LogP contribution < -0.4 is 5.32 Å². The van der Waals surface area contributed by atoms with Crippen molar-refractivity contribution in [1.82, 2.24) is 10.2 Å². The first-order chi connectivity index (χ1) is 8.74. The maximum atomic E-state index is 3.86. The van der Waals surface area contributed by atoms with Crippen LogP contribution in [0.15, 0.2) is 0 Å². The number of hydrogen-bond acceptors (Lipinski definition) is 3. The number of nitrogens with one attached hydrogen (secondary N) is 1. The lowest BCUT2D eigenvalue weighted by Gasteiger charge is -2.51. The lowest BCUT2D eigenvalue weighted by atomic mass is 9.86. The van der Waals surface area contributed by atoms with Gasteiger partial charge in [-0.1, -0.05) is 20.8 Å². The number of thioether (sulfide) groups is 1. The molecule has 2 saturated heterocycles. The predicted octanol–water partition coefficient (Wildman–Crippen LogP) is 3.12. The summed E-state index contributed by atoms with van der Waals surface area (Å²) in [6.45, 7) is 9.51. The van der Waals surface area contributed by atoms with E-state index in [9.17, 15) is 0 Å². The molecule has 106 valence electrons. The van der Waals surface area contributed by atoms with Crippen LogP contribution in [0.2, 0.25) is 0 Å². The lowest BCUT2D eigenvalue weighted by Crippen LogP contribution is -2.66. The van der Waals surface area contributed by atoms with Gasteiger partial charge in [-0.3, -0.25) is 4.90 Å². The Kier molecular flexibility index (Phi) is 5.40. The molecule has 0 aliphatic carbocycles. The van der Waals surface area contributed by atoms with E-state index in [0.29, 0.717) is 5.54 Å². The molecule has 1 unspecified atom stereocenters. The summed E-state index contributed by atoms with van der Waals surface area (Å²) in [6, 6.07) is 1.63. The van der Waals surface area contributed by atoms with Crippen molar-refractivity contribution in [2.24, 2.45) is 0 Å². The minimum Gasteiger partial charge on any atom is -0.308 e. The summed E-state index contributed by atoms with van der Waals surface area (Å²) in [5.41, 5.74) is 0.385. The van der Waals surface area contributed by atoms with Gasteiger partial charge in [-0.05, 0) is 43.6 Å². The van der Waals surface area contributed by atoms with E-state index in [-0.39, 0.29) is 0 Å². The molecule has 1 atom stereocenters. The SMILES string of the molecule is CCC1CNC(CC)(CC)CN1C1CCSCC1. The van der Waals surface area contributed by atoms with Gasteiger partial charge in [0, 0.05) is 30.7 Å². The quantitative estimate of drug-likeness (QED) is 0.845. The summed E-state index contributed by atoms with van der Waals surface area (Å²) in [6.07, 6.45) is 6.63. The number of hydrogen-bond donors (Lipinski definition) is 1. The van der Waals surface area contributed by atoms with E-state index in [0.717, 1.165) is 12.1 Å². The van der Waals surface area contributed by atoms with Gasteiger partial charge in [0.05, 0.1) is 0 Å². The van der Waals surface area contributed by atoms with Crippen LogP contribution in [-0.2, 0) is 0 Å². The molecule has 0 aromatic carbocycles. The van der Waals surface area contributed by atoms with Crippen LogP contribution in [0, 0.1) is 0 Å². The first kappa shape index (κ1) is 14.7. The molecule has 18 heavy (non-hydrogen) atoms. The van der Waals surface area contributed by atoms with Crippen LogP contribution in [0.3, 0.4) is 0 Å². The topological polar surface area (TPSA) is 15.3 Å². The Labute approximate surface area is 117 Å². The molecule has 0 aromatic rings. The largest absolute Gasteiger partial charge is 0.308 e. The summed E-state index contributed by atoms with van der Waals surface area (Å²) < 4.78 is 0. The van der Waals surface area contributed by atoms with Crippen molar-refractivity contribution >= 4 is 11.8 Å². The fourth-order valence-corrected chi connectivity index (χ4v) is 4.61. The fraction of sp³-hybridized carbons (Fsp3) is 1.00. The molecule has 2 heterocycles. The van der Waals surface area contributed by atoms with Gasteiger partial charge in [0.1, 0.15) is 0 Å². The summed E-state index contributed by atoms with van der Waals surface area (Å²) in [7, 11) is 0. The van der Waals surface area contributed by atoms with Crippen molar-refractivity contribution in [1.29, 1.82) is 0 Å². The molecular weight excluding hydrogens is 240 g/mol. The molecule has 2 aliphatic heterocycles. The molecule has 2 fully saturated rings. The summed E-state index contributed by atoms with van der Waals surface area (Å²) in [4.78, 5) is 2.86. The Bertz CT molecular complexity index is 247. The Morgan fingerprint density at radius 2 is 1.83 bits per heavy atom. The molecule has 0 amide bonds. The van der Waals surface area contributed by atoms with E-state index in [4.69, 9.17) is 0 Å². The van der Waals surface area contributed by atoms with Crippen molar-refractivity contribution in [3.63, 3.8) is 0 Å². The van der Waals surface area contributed by atoms with E-state index in [1.807, 2.05) is 0 Å².